The Labute approximate surface area is 163 Å². The zero-order chi connectivity index (χ0) is 19.5. The summed E-state index contributed by atoms with van der Waals surface area (Å²) < 4.78 is 24.0. The molecule has 0 aliphatic heterocycles. The van der Waals surface area contributed by atoms with Gasteiger partial charge in [0.15, 0.2) is 5.76 Å². The maximum Gasteiger partial charge on any atom is 0.256 e. The molecule has 6 nitrogen and oxygen atoms in total. The van der Waals surface area contributed by atoms with Crippen LogP contribution in [0.25, 0.3) is 22.3 Å². The number of anilines is 1. The minimum atomic E-state index is -0.335. The van der Waals surface area contributed by atoms with E-state index in [-0.39, 0.29) is 23.2 Å². The summed E-state index contributed by atoms with van der Waals surface area (Å²) in [5.41, 5.74) is 1.57. The van der Waals surface area contributed by atoms with E-state index in [4.69, 9.17) is 8.83 Å². The molecule has 0 bridgehead atoms. The molecule has 0 saturated carbocycles. The van der Waals surface area contributed by atoms with Crippen molar-refractivity contribution in [2.75, 3.05) is 11.1 Å². The van der Waals surface area contributed by atoms with E-state index in [0.29, 0.717) is 33.2 Å². The number of benzene rings is 2. The van der Waals surface area contributed by atoms with Crippen LogP contribution >= 0.6 is 11.8 Å². The lowest BCUT2D eigenvalue weighted by atomic mass is 10.2. The third-order valence-corrected chi connectivity index (χ3v) is 4.74. The minimum absolute atomic E-state index is 0.0355. The van der Waals surface area contributed by atoms with Crippen molar-refractivity contribution in [1.29, 1.82) is 5.26 Å². The van der Waals surface area contributed by atoms with Gasteiger partial charge in [-0.2, -0.15) is 5.26 Å². The first-order valence-electron chi connectivity index (χ1n) is 8.20. The molecule has 0 spiro atoms. The molecule has 8 heteroatoms. The average Bonchev–Trinajstić information content (AvgIpc) is 3.32. The van der Waals surface area contributed by atoms with Crippen LogP contribution in [0.15, 0.2) is 68.8 Å². The number of nitriles is 1. The average molecular weight is 393 g/mol. The zero-order valence-electron chi connectivity index (χ0n) is 14.3. The number of carbonyl (C=O) groups is 1. The summed E-state index contributed by atoms with van der Waals surface area (Å²) in [6.07, 6.45) is 1.52. The Morgan fingerprint density at radius 1 is 1.18 bits per heavy atom. The Morgan fingerprint density at radius 3 is 2.75 bits per heavy atom. The van der Waals surface area contributed by atoms with Crippen LogP contribution in [0.1, 0.15) is 5.76 Å². The van der Waals surface area contributed by atoms with Crippen molar-refractivity contribution in [1.82, 2.24) is 4.98 Å². The van der Waals surface area contributed by atoms with Crippen LogP contribution in [-0.2, 0) is 4.79 Å². The van der Waals surface area contributed by atoms with E-state index in [0.717, 1.165) is 11.8 Å². The van der Waals surface area contributed by atoms with Gasteiger partial charge in [-0.05, 0) is 36.4 Å². The Morgan fingerprint density at radius 2 is 1.96 bits per heavy atom. The number of nitrogens with zero attached hydrogens (tertiary/aromatic N) is 2. The van der Waals surface area contributed by atoms with E-state index in [9.17, 15) is 14.4 Å². The number of para-hydroxylation sites is 1. The molecular weight excluding hydrogens is 381 g/mol. The lowest BCUT2D eigenvalue weighted by molar-refractivity contribution is -0.113. The smallest absolute Gasteiger partial charge is 0.256 e. The molecule has 1 N–H and O–H groups in total. The number of nitrogens with one attached hydrogen (secondary N) is 1. The van der Waals surface area contributed by atoms with E-state index >= 15 is 0 Å². The molecule has 4 aromatic rings. The highest BCUT2D eigenvalue weighted by Gasteiger charge is 2.17. The van der Waals surface area contributed by atoms with Crippen molar-refractivity contribution in [3.8, 4) is 17.4 Å². The summed E-state index contributed by atoms with van der Waals surface area (Å²) in [6.45, 7) is 0. The highest BCUT2D eigenvalue weighted by molar-refractivity contribution is 7.99. The number of aromatic nitrogens is 1. The monoisotopic (exact) mass is 393 g/mol. The molecule has 0 atom stereocenters. The van der Waals surface area contributed by atoms with Crippen molar-refractivity contribution in [3.05, 3.63) is 66.3 Å². The van der Waals surface area contributed by atoms with E-state index in [1.54, 1.807) is 36.4 Å². The lowest BCUT2D eigenvalue weighted by Gasteiger charge is -2.02. The number of thioether (sulfide) groups is 1. The second-order valence-electron chi connectivity index (χ2n) is 5.75. The third-order valence-electron chi connectivity index (χ3n) is 3.90. The highest BCUT2D eigenvalue weighted by Crippen LogP contribution is 2.31. The van der Waals surface area contributed by atoms with Crippen molar-refractivity contribution in [2.45, 2.75) is 5.22 Å². The van der Waals surface area contributed by atoms with Crippen LogP contribution in [-0.4, -0.2) is 16.6 Å². The Balaban J connectivity index is 1.43. The third kappa shape index (κ3) is 3.61. The van der Waals surface area contributed by atoms with Gasteiger partial charge in [0, 0.05) is 10.9 Å². The van der Waals surface area contributed by atoms with Crippen LogP contribution in [0.5, 0.6) is 0 Å². The molecule has 138 valence electrons. The highest BCUT2D eigenvalue weighted by atomic mass is 32.2. The maximum absolute atomic E-state index is 13.0. The van der Waals surface area contributed by atoms with E-state index < -0.39 is 0 Å². The summed E-state index contributed by atoms with van der Waals surface area (Å²) in [5.74, 6) is -0.0919. The molecular formula is C20H12FN3O3S. The van der Waals surface area contributed by atoms with E-state index in [1.165, 1.54) is 18.3 Å². The maximum atomic E-state index is 13.0. The van der Waals surface area contributed by atoms with Gasteiger partial charge in [0.05, 0.1) is 11.9 Å². The molecule has 0 saturated heterocycles. The predicted molar refractivity (Wildman–Crippen MR) is 102 cm³/mol. The van der Waals surface area contributed by atoms with Gasteiger partial charge < -0.3 is 14.2 Å². The molecule has 0 fully saturated rings. The summed E-state index contributed by atoms with van der Waals surface area (Å²) >= 11 is 1.11. The zero-order valence-corrected chi connectivity index (χ0v) is 15.1. The van der Waals surface area contributed by atoms with Crippen LogP contribution in [0.4, 0.5) is 10.1 Å². The Kier molecular flexibility index (Phi) is 4.83. The van der Waals surface area contributed by atoms with E-state index in [1.807, 2.05) is 6.07 Å². The van der Waals surface area contributed by atoms with Gasteiger partial charge in [0.1, 0.15) is 23.2 Å². The summed E-state index contributed by atoms with van der Waals surface area (Å²) in [5, 5.41) is 12.9. The summed E-state index contributed by atoms with van der Waals surface area (Å²) in [7, 11) is 0. The molecule has 2 aromatic carbocycles. The topological polar surface area (TPSA) is 92.1 Å². The van der Waals surface area contributed by atoms with Crippen LogP contribution in [0.2, 0.25) is 0 Å². The number of oxazole rings is 1. The standard InChI is InChI=1S/C20H12FN3O3S/c21-13-7-5-12(6-8-13)17-10-23-20(27-17)28-11-18(25)24-19-14-3-1-2-4-15(14)26-16(19)9-22/h1-8,10H,11H2,(H,24,25). The number of furan rings is 1. The first kappa shape index (κ1) is 17.8. The number of fused-ring (bicyclic) bond motifs is 1. The van der Waals surface area contributed by atoms with Crippen molar-refractivity contribution >= 4 is 34.3 Å². The normalized spacial score (nSPS) is 10.7. The summed E-state index contributed by atoms with van der Waals surface area (Å²) in [4.78, 5) is 16.4. The van der Waals surface area contributed by atoms with Gasteiger partial charge in [-0.3, -0.25) is 4.79 Å². The van der Waals surface area contributed by atoms with Crippen molar-refractivity contribution in [3.63, 3.8) is 0 Å². The SMILES string of the molecule is N#Cc1oc2ccccc2c1NC(=O)CSc1ncc(-c2ccc(F)cc2)o1. The summed E-state index contributed by atoms with van der Waals surface area (Å²) in [6, 6.07) is 14.9. The molecule has 28 heavy (non-hydrogen) atoms. The van der Waals surface area contributed by atoms with Gasteiger partial charge in [0.2, 0.25) is 11.7 Å². The molecule has 2 aromatic heterocycles. The minimum Gasteiger partial charge on any atom is -0.443 e. The predicted octanol–water partition coefficient (Wildman–Crippen LogP) is 4.83. The number of hydrogen-bond acceptors (Lipinski definition) is 6. The van der Waals surface area contributed by atoms with Gasteiger partial charge >= 0.3 is 0 Å². The fourth-order valence-electron chi connectivity index (χ4n) is 2.62. The van der Waals surface area contributed by atoms with Crippen LogP contribution in [0.3, 0.4) is 0 Å². The number of carbonyl (C=O) groups excluding carboxylic acids is 1. The quantitative estimate of drug-likeness (QED) is 0.488. The van der Waals surface area contributed by atoms with Crippen LogP contribution in [0, 0.1) is 17.1 Å². The Hall–Kier alpha value is -3.57. The van der Waals surface area contributed by atoms with E-state index in [2.05, 4.69) is 10.3 Å². The first-order valence-corrected chi connectivity index (χ1v) is 9.18. The fourth-order valence-corrected chi connectivity index (χ4v) is 3.23. The molecule has 4 rings (SSSR count). The van der Waals surface area contributed by atoms with Gasteiger partial charge in [-0.1, -0.05) is 23.9 Å². The molecule has 1 amide bonds. The first-order chi connectivity index (χ1) is 13.6. The van der Waals surface area contributed by atoms with Crippen molar-refractivity contribution < 1.29 is 18.0 Å². The lowest BCUT2D eigenvalue weighted by Crippen LogP contribution is -2.14. The van der Waals surface area contributed by atoms with Crippen molar-refractivity contribution in [2.24, 2.45) is 0 Å². The number of halogens is 1. The number of hydrogen-bond donors (Lipinski definition) is 1. The largest absolute Gasteiger partial charge is 0.443 e. The van der Waals surface area contributed by atoms with Crippen LogP contribution < -0.4 is 5.32 Å². The Bertz CT molecular complexity index is 1190. The number of rotatable bonds is 5. The fraction of sp³-hybridized carbons (Fsp3) is 0.0500. The van der Waals surface area contributed by atoms with Gasteiger partial charge in [0.25, 0.3) is 5.22 Å². The molecule has 2 heterocycles. The molecule has 0 unspecified atom stereocenters. The molecule has 0 radical (unpaired) electrons. The molecule has 0 aliphatic carbocycles. The van der Waals surface area contributed by atoms with Gasteiger partial charge in [-0.15, -0.1) is 0 Å². The number of amides is 1. The molecule has 0 aliphatic rings. The second kappa shape index (κ2) is 7.58. The second-order valence-corrected chi connectivity index (χ2v) is 6.67. The van der Waals surface area contributed by atoms with Gasteiger partial charge in [-0.25, -0.2) is 9.37 Å².